The highest BCUT2D eigenvalue weighted by Gasteiger charge is 2.25. The Morgan fingerprint density at radius 3 is 2.58 bits per heavy atom. The zero-order valence-corrected chi connectivity index (χ0v) is 15.8. The molecule has 0 radical (unpaired) electrons. The van der Waals surface area contributed by atoms with Gasteiger partial charge in [0.2, 0.25) is 0 Å². The van der Waals surface area contributed by atoms with E-state index in [4.69, 9.17) is 4.74 Å². The molecule has 126 valence electrons. The summed E-state index contributed by atoms with van der Waals surface area (Å²) in [6, 6.07) is 3.75. The van der Waals surface area contributed by atoms with E-state index in [1.54, 1.807) is 32.2 Å². The number of benzene rings is 1. The number of nitrogens with zero attached hydrogens (tertiary/aromatic N) is 3. The van der Waals surface area contributed by atoms with Crippen LogP contribution in [-0.2, 0) is 11.8 Å². The van der Waals surface area contributed by atoms with Crippen molar-refractivity contribution < 1.29 is 9.53 Å². The first-order valence-corrected chi connectivity index (χ1v) is 8.28. The van der Waals surface area contributed by atoms with Gasteiger partial charge >= 0.3 is 5.97 Å². The monoisotopic (exact) mass is 391 g/mol. The van der Waals surface area contributed by atoms with Crippen molar-refractivity contribution in [2.24, 2.45) is 7.05 Å². The minimum atomic E-state index is -0.638. The van der Waals surface area contributed by atoms with Gasteiger partial charge in [-0.2, -0.15) is 0 Å². The average molecular weight is 392 g/mol. The Bertz CT molecular complexity index is 1040. The molecule has 0 atom stereocenters. The molecular weight excluding hydrogens is 374 g/mol. The number of esters is 1. The van der Waals surface area contributed by atoms with Gasteiger partial charge in [-0.05, 0) is 61.3 Å². The van der Waals surface area contributed by atoms with Crippen LogP contribution in [0.2, 0.25) is 0 Å². The van der Waals surface area contributed by atoms with E-state index in [0.717, 1.165) is 10.0 Å². The molecule has 0 N–H and O–H groups in total. The van der Waals surface area contributed by atoms with E-state index in [1.807, 2.05) is 19.1 Å². The second-order valence-electron chi connectivity index (χ2n) is 6.80. The Kier molecular flexibility index (Phi) is 3.79. The molecule has 0 unspecified atom stereocenters. The summed E-state index contributed by atoms with van der Waals surface area (Å²) in [5.74, 6) is -0.553. The number of ether oxygens (including phenoxy) is 1. The number of fused-ring (bicyclic) bond motifs is 3. The first-order valence-electron chi connectivity index (χ1n) is 7.49. The lowest BCUT2D eigenvalue weighted by Crippen LogP contribution is -2.26. The van der Waals surface area contributed by atoms with E-state index >= 15 is 0 Å². The Morgan fingerprint density at radius 1 is 1.29 bits per heavy atom. The quantitative estimate of drug-likeness (QED) is 0.597. The third-order valence-corrected chi connectivity index (χ3v) is 4.24. The van der Waals surface area contributed by atoms with E-state index in [2.05, 4.69) is 20.9 Å². The van der Waals surface area contributed by atoms with Gasteiger partial charge < -0.3 is 4.74 Å². The first kappa shape index (κ1) is 16.7. The molecule has 3 aromatic rings. The zero-order chi connectivity index (χ0) is 17.8. The maximum atomic E-state index is 12.8. The van der Waals surface area contributed by atoms with Gasteiger partial charge in [0.05, 0.1) is 10.9 Å². The summed E-state index contributed by atoms with van der Waals surface area (Å²) < 4.78 is 9.34. The Balaban J connectivity index is 2.39. The third kappa shape index (κ3) is 2.62. The van der Waals surface area contributed by atoms with Crippen molar-refractivity contribution in [2.75, 3.05) is 0 Å². The normalized spacial score (nSPS) is 12.1. The van der Waals surface area contributed by atoms with Crippen LogP contribution in [0, 0.1) is 6.92 Å². The van der Waals surface area contributed by atoms with Crippen LogP contribution in [0.3, 0.4) is 0 Å². The highest BCUT2D eigenvalue weighted by molar-refractivity contribution is 9.10. The van der Waals surface area contributed by atoms with Crippen LogP contribution in [0.1, 0.15) is 36.8 Å². The number of rotatable bonds is 1. The lowest BCUT2D eigenvalue weighted by atomic mass is 10.1. The first-order chi connectivity index (χ1) is 11.1. The van der Waals surface area contributed by atoms with Crippen LogP contribution in [0.5, 0.6) is 0 Å². The van der Waals surface area contributed by atoms with Crippen molar-refractivity contribution in [1.82, 2.24) is 14.0 Å². The molecule has 1 aromatic carbocycles. The van der Waals surface area contributed by atoms with Gasteiger partial charge in [0.25, 0.3) is 5.56 Å². The van der Waals surface area contributed by atoms with E-state index in [9.17, 15) is 9.59 Å². The number of carbonyl (C=O) groups excluding carboxylic acids is 1. The van der Waals surface area contributed by atoms with Gasteiger partial charge in [-0.25, -0.2) is 9.78 Å². The number of imidazole rings is 1. The summed E-state index contributed by atoms with van der Waals surface area (Å²) in [4.78, 5) is 29.4. The summed E-state index contributed by atoms with van der Waals surface area (Å²) in [7, 11) is 1.63. The lowest BCUT2D eigenvalue weighted by molar-refractivity contribution is 0.00653. The molecule has 0 bridgehead atoms. The topological polar surface area (TPSA) is 65.6 Å². The lowest BCUT2D eigenvalue weighted by Gasteiger charge is -2.19. The molecule has 2 heterocycles. The number of halogens is 1. The van der Waals surface area contributed by atoms with E-state index in [1.165, 1.54) is 10.9 Å². The largest absolute Gasteiger partial charge is 0.455 e. The van der Waals surface area contributed by atoms with Gasteiger partial charge in [0.1, 0.15) is 11.9 Å². The molecule has 0 amide bonds. The van der Waals surface area contributed by atoms with Gasteiger partial charge in [0, 0.05) is 11.5 Å². The molecule has 3 rings (SSSR count). The fourth-order valence-corrected chi connectivity index (χ4v) is 3.48. The highest BCUT2D eigenvalue weighted by Crippen LogP contribution is 2.26. The summed E-state index contributed by atoms with van der Waals surface area (Å²) in [6.07, 6.45) is 1.54. The van der Waals surface area contributed by atoms with Crippen LogP contribution in [0.4, 0.5) is 0 Å². The van der Waals surface area contributed by atoms with E-state index < -0.39 is 11.6 Å². The van der Waals surface area contributed by atoms with E-state index in [-0.39, 0.29) is 11.3 Å². The van der Waals surface area contributed by atoms with Crippen molar-refractivity contribution in [3.8, 4) is 0 Å². The Labute approximate surface area is 147 Å². The smallest absolute Gasteiger partial charge is 0.361 e. The average Bonchev–Trinajstić information content (AvgIpc) is 2.87. The second-order valence-corrected chi connectivity index (χ2v) is 7.65. The Morgan fingerprint density at radius 2 is 1.96 bits per heavy atom. The van der Waals surface area contributed by atoms with Crippen molar-refractivity contribution in [3.05, 3.63) is 44.5 Å². The minimum Gasteiger partial charge on any atom is -0.455 e. The van der Waals surface area contributed by atoms with Crippen molar-refractivity contribution in [3.63, 3.8) is 0 Å². The number of hydrogen-bond donors (Lipinski definition) is 0. The Hall–Kier alpha value is -2.15. The van der Waals surface area contributed by atoms with Gasteiger partial charge in [-0.15, -0.1) is 0 Å². The van der Waals surface area contributed by atoms with Crippen molar-refractivity contribution in [2.45, 2.75) is 33.3 Å². The molecule has 0 saturated heterocycles. The molecule has 24 heavy (non-hydrogen) atoms. The summed E-state index contributed by atoms with van der Waals surface area (Å²) >= 11 is 3.51. The molecule has 0 aliphatic heterocycles. The fourth-order valence-electron chi connectivity index (χ4n) is 2.72. The molecule has 0 fully saturated rings. The number of aromatic nitrogens is 3. The maximum Gasteiger partial charge on any atom is 0.361 e. The van der Waals surface area contributed by atoms with Gasteiger partial charge in [0.15, 0.2) is 11.3 Å². The third-order valence-electron chi connectivity index (χ3n) is 3.64. The predicted molar refractivity (Wildman–Crippen MR) is 95.5 cm³/mol. The molecule has 0 aliphatic carbocycles. The molecule has 0 spiro atoms. The molecule has 0 saturated carbocycles. The predicted octanol–water partition coefficient (Wildman–Crippen LogP) is 3.21. The van der Waals surface area contributed by atoms with E-state index in [0.29, 0.717) is 16.6 Å². The summed E-state index contributed by atoms with van der Waals surface area (Å²) in [5, 5.41) is 0.560. The number of hydrogen-bond acceptors (Lipinski definition) is 4. The van der Waals surface area contributed by atoms with Gasteiger partial charge in [-0.3, -0.25) is 13.8 Å². The molecular formula is C17H18BrN3O3. The highest BCUT2D eigenvalue weighted by atomic mass is 79.9. The van der Waals surface area contributed by atoms with Crippen molar-refractivity contribution >= 4 is 38.4 Å². The van der Waals surface area contributed by atoms with Crippen LogP contribution >= 0.6 is 15.9 Å². The number of aryl methyl sites for hydroxylation is 2. The zero-order valence-electron chi connectivity index (χ0n) is 14.2. The standard InChI is InChI=1S/C17H18BrN3O3/c1-9-6-10-13(11(18)7-9)21-8-19-12(14(21)20(5)15(10)22)16(23)24-17(2,3)4/h6-8H,1-5H3. The SMILES string of the molecule is Cc1cc(Br)c2c(c1)c(=O)n(C)c1c(C(=O)OC(C)(C)C)ncn21. The van der Waals surface area contributed by atoms with Crippen LogP contribution in [-0.4, -0.2) is 25.5 Å². The molecule has 7 heteroatoms. The minimum absolute atomic E-state index is 0.124. The number of carbonyl (C=O) groups is 1. The van der Waals surface area contributed by atoms with Crippen LogP contribution < -0.4 is 5.56 Å². The van der Waals surface area contributed by atoms with Crippen LogP contribution in [0.15, 0.2) is 27.7 Å². The molecule has 0 aliphatic rings. The molecule has 2 aromatic heterocycles. The molecule has 6 nitrogen and oxygen atoms in total. The maximum absolute atomic E-state index is 12.8. The fraction of sp³-hybridized carbons (Fsp3) is 0.353. The summed E-state index contributed by atoms with van der Waals surface area (Å²) in [6.45, 7) is 7.29. The van der Waals surface area contributed by atoms with Gasteiger partial charge in [-0.1, -0.05) is 0 Å². The summed E-state index contributed by atoms with van der Waals surface area (Å²) in [5.41, 5.74) is 1.36. The van der Waals surface area contributed by atoms with Crippen molar-refractivity contribution in [1.29, 1.82) is 0 Å². The second kappa shape index (κ2) is 5.44. The van der Waals surface area contributed by atoms with Crippen LogP contribution in [0.25, 0.3) is 16.6 Å².